The summed E-state index contributed by atoms with van der Waals surface area (Å²) in [6.45, 7) is 0. The van der Waals surface area contributed by atoms with Crippen LogP contribution in [0.15, 0.2) is 0 Å². The van der Waals surface area contributed by atoms with Crippen LogP contribution in [0, 0.1) is 0 Å². The van der Waals surface area contributed by atoms with E-state index in [1.807, 2.05) is 0 Å². The first-order valence-electron chi connectivity index (χ1n) is 0. The molecule has 0 rings (SSSR count). The molecule has 0 aliphatic heterocycles. The van der Waals surface area contributed by atoms with Gasteiger partial charge in [0.25, 0.3) is 0 Å². The predicted molar refractivity (Wildman–Crippen MR) is 20.7 cm³/mol. The minimum absolute atomic E-state index is 0. The van der Waals surface area contributed by atoms with Crippen LogP contribution in [0.5, 0.6) is 0 Å². The Morgan fingerprint density at radius 3 is 1.00 bits per heavy atom. The van der Waals surface area contributed by atoms with Crippen LogP contribution in [-0.2, 0) is 19.5 Å². The van der Waals surface area contributed by atoms with E-state index in [1.54, 1.807) is 0 Å². The zero-order chi connectivity index (χ0) is 0. The fourth-order valence-electron chi connectivity index (χ4n) is 0. The van der Waals surface area contributed by atoms with Gasteiger partial charge < -0.3 is 5.48 Å². The van der Waals surface area contributed by atoms with Crippen molar-refractivity contribution in [2.45, 2.75) is 0 Å². The van der Waals surface area contributed by atoms with Crippen molar-refractivity contribution in [3.8, 4) is 0 Å². The van der Waals surface area contributed by atoms with Crippen LogP contribution in [0.2, 0.25) is 0 Å². The molecule has 0 aromatic heterocycles. The quantitative estimate of drug-likeness (QED) is 0.313. The Morgan fingerprint density at radius 1 is 1.00 bits per heavy atom. The van der Waals surface area contributed by atoms with Crippen molar-refractivity contribution in [2.75, 3.05) is 0 Å². The summed E-state index contributed by atoms with van der Waals surface area (Å²) in [5.74, 6) is 0. The molecule has 4 heavy (non-hydrogen) atoms. The summed E-state index contributed by atoms with van der Waals surface area (Å²) in [5.41, 5.74) is 0. The maximum atomic E-state index is 0. The second-order valence-electron chi connectivity index (χ2n) is 0. The summed E-state index contributed by atoms with van der Waals surface area (Å²) in [7, 11) is 0. The summed E-state index contributed by atoms with van der Waals surface area (Å²) >= 11 is 0. The molecule has 0 bridgehead atoms. The normalized spacial score (nSPS) is 0. The standard InChI is InChI=1S/Be.Mg.H2O.Zn.4H/h;;1H2;;;;;. The smallest absolute Gasteiger partial charge is 0 e. The Kier molecular flexibility index (Phi) is 296. The molecule has 0 aromatic carbocycles. The van der Waals surface area contributed by atoms with Gasteiger partial charge in [0.05, 0.1) is 0 Å². The molecule has 4 heteroatoms. The summed E-state index contributed by atoms with van der Waals surface area (Å²) < 4.78 is 0. The van der Waals surface area contributed by atoms with Crippen LogP contribution in [0.1, 0.15) is 0 Å². The molecule has 0 heterocycles. The van der Waals surface area contributed by atoms with E-state index in [0.717, 1.165) is 0 Å². The van der Waals surface area contributed by atoms with E-state index >= 15 is 0 Å². The molecule has 0 unspecified atom stereocenters. The number of rotatable bonds is 0. The molecule has 0 radical (unpaired) electrons. The van der Waals surface area contributed by atoms with Gasteiger partial charge >= 0.3 is 33.2 Å². The maximum Gasteiger partial charge on any atom is 0.316 e. The van der Waals surface area contributed by atoms with E-state index < -0.39 is 0 Å². The fourth-order valence-corrected chi connectivity index (χ4v) is 0. The Hall–Kier alpha value is 1.52. The Balaban J connectivity index is 0. The topological polar surface area (TPSA) is 31.5 Å². The average molecular weight is 121 g/mol. The van der Waals surface area contributed by atoms with E-state index in [-0.39, 0.29) is 58.1 Å². The minimum Gasteiger partial charge on any atom is 0 e. The molecule has 0 saturated carbocycles. The average Bonchev–Trinajstić information content (AvgIpc) is 0. The molecule has 18 valence electrons. The first-order valence-corrected chi connectivity index (χ1v) is 0. The van der Waals surface area contributed by atoms with Gasteiger partial charge in [-0.05, 0) is 0 Å². The van der Waals surface area contributed by atoms with Gasteiger partial charge in [-0.2, -0.15) is 0 Å². The van der Waals surface area contributed by atoms with Gasteiger partial charge in [-0.3, -0.25) is 0 Å². The molecule has 0 spiro atoms. The van der Waals surface area contributed by atoms with Gasteiger partial charge in [0.2, 0.25) is 0 Å². The van der Waals surface area contributed by atoms with Gasteiger partial charge in [-0.15, -0.1) is 0 Å². The van der Waals surface area contributed by atoms with Gasteiger partial charge in [-0.25, -0.2) is 0 Å². The van der Waals surface area contributed by atoms with E-state index in [4.69, 9.17) is 0 Å². The number of hydrogen-bond donors (Lipinski definition) is 0. The van der Waals surface area contributed by atoms with Crippen molar-refractivity contribution >= 4 is 33.2 Å². The first kappa shape index (κ1) is 48.9. The molecule has 0 amide bonds. The van der Waals surface area contributed by atoms with E-state index in [9.17, 15) is 0 Å². The van der Waals surface area contributed by atoms with Gasteiger partial charge in [0, 0.05) is 19.5 Å². The van der Waals surface area contributed by atoms with E-state index in [2.05, 4.69) is 0 Å². The van der Waals surface area contributed by atoms with Crippen LogP contribution in [0.3, 0.4) is 0 Å². The SMILES string of the molecule is O.[BeH2].[MgH2].[Zn]. The zero-order valence-electron chi connectivity index (χ0n) is 1.21. The molecule has 1 nitrogen and oxygen atoms in total. The fraction of sp³-hybridized carbons (Fsp3) is 0. The van der Waals surface area contributed by atoms with Crippen molar-refractivity contribution in [1.29, 1.82) is 0 Å². The third-order valence-electron chi connectivity index (χ3n) is 0. The number of hydrogen-bond acceptors (Lipinski definition) is 0. The van der Waals surface area contributed by atoms with Crippen LogP contribution in [-0.4, -0.2) is 38.7 Å². The Morgan fingerprint density at radius 2 is 1.00 bits per heavy atom. The largest absolute Gasteiger partial charge is 0.316 e. The van der Waals surface area contributed by atoms with Crippen molar-refractivity contribution in [3.05, 3.63) is 0 Å². The summed E-state index contributed by atoms with van der Waals surface area (Å²) in [6, 6.07) is 0. The van der Waals surface area contributed by atoms with Crippen molar-refractivity contribution in [1.82, 2.24) is 0 Å². The molecule has 0 fully saturated rings. The summed E-state index contributed by atoms with van der Waals surface area (Å²) in [6.07, 6.45) is 0. The predicted octanol–water partition coefficient (Wildman–Crippen LogP) is -2.66. The molecule has 0 saturated heterocycles. The van der Waals surface area contributed by atoms with Crippen molar-refractivity contribution in [3.63, 3.8) is 0 Å². The summed E-state index contributed by atoms with van der Waals surface area (Å²) in [4.78, 5) is 0. The van der Waals surface area contributed by atoms with Gasteiger partial charge in [0.15, 0.2) is 0 Å². The molecule has 0 aliphatic carbocycles. The third-order valence-corrected chi connectivity index (χ3v) is 0. The molecule has 0 aromatic rings. The second kappa shape index (κ2) is 24.3. The van der Waals surface area contributed by atoms with Gasteiger partial charge in [0.1, 0.15) is 0 Å². The Labute approximate surface area is 58.0 Å². The maximum absolute atomic E-state index is 0. The van der Waals surface area contributed by atoms with E-state index in [1.165, 1.54) is 0 Å². The van der Waals surface area contributed by atoms with Crippen LogP contribution < -0.4 is 0 Å². The molecule has 2 N–H and O–H groups in total. The van der Waals surface area contributed by atoms with Crippen LogP contribution in [0.25, 0.3) is 0 Å². The molecule has 0 aliphatic rings. The third kappa shape index (κ3) is 9.68. The van der Waals surface area contributed by atoms with Crippen molar-refractivity contribution < 1.29 is 25.0 Å². The van der Waals surface area contributed by atoms with Crippen LogP contribution >= 0.6 is 0 Å². The van der Waals surface area contributed by atoms with Crippen molar-refractivity contribution in [2.24, 2.45) is 0 Å². The molecule has 0 atom stereocenters. The molecular formula is H6BeMgOZn. The zero-order valence-corrected chi connectivity index (χ0v) is 4.17. The van der Waals surface area contributed by atoms with Crippen LogP contribution in [0.4, 0.5) is 0 Å². The summed E-state index contributed by atoms with van der Waals surface area (Å²) in [5, 5.41) is 0. The Bertz CT molecular complexity index is 8.00. The van der Waals surface area contributed by atoms with E-state index in [0.29, 0.717) is 0 Å². The minimum atomic E-state index is 0. The molecular weight excluding hydrogens is 115 g/mol. The first-order chi connectivity index (χ1) is 0. The van der Waals surface area contributed by atoms with Gasteiger partial charge in [-0.1, -0.05) is 0 Å². The second-order valence-corrected chi connectivity index (χ2v) is 0. The monoisotopic (exact) mass is 119 g/mol.